The number of hydrogen-bond donors (Lipinski definition) is 0. The Morgan fingerprint density at radius 1 is 1.88 bits per heavy atom. The highest BCUT2D eigenvalue weighted by Gasteiger charge is 2.30. The summed E-state index contributed by atoms with van der Waals surface area (Å²) in [5.41, 5.74) is 1.13. The Kier molecular flexibility index (Phi) is 2.33. The van der Waals surface area contributed by atoms with Crippen molar-refractivity contribution in [2.45, 2.75) is 12.2 Å². The molecule has 1 rings (SSSR count). The molecule has 2 atom stereocenters. The molecule has 0 aliphatic carbocycles. The fourth-order valence-electron chi connectivity index (χ4n) is 0.523. The third-order valence-electron chi connectivity index (χ3n) is 0.987. The van der Waals surface area contributed by atoms with Gasteiger partial charge >= 0.3 is 8.25 Å². The van der Waals surface area contributed by atoms with Crippen molar-refractivity contribution in [1.29, 1.82) is 0 Å². The van der Waals surface area contributed by atoms with Crippen LogP contribution in [0.15, 0.2) is 0 Å². The van der Waals surface area contributed by atoms with Crippen LogP contribution in [0.4, 0.5) is 0 Å². The molecule has 1 fully saturated rings. The van der Waals surface area contributed by atoms with E-state index < -0.39 is 27.1 Å². The van der Waals surface area contributed by atoms with Crippen LogP contribution in [0.1, 0.15) is 0 Å². The van der Waals surface area contributed by atoms with E-state index in [1.165, 1.54) is 0 Å². The molecule has 0 aromatic carbocycles. The van der Waals surface area contributed by atoms with Crippen LogP contribution in [0.3, 0.4) is 0 Å². The van der Waals surface area contributed by atoms with Crippen molar-refractivity contribution < 1.29 is 13.0 Å². The van der Waals surface area contributed by atoms with E-state index in [1.54, 1.807) is 0 Å². The molecule has 0 saturated carbocycles. The van der Waals surface area contributed by atoms with E-state index in [4.69, 9.17) is 8.43 Å². The van der Waals surface area contributed by atoms with Crippen molar-refractivity contribution in [3.8, 4) is 0 Å². The maximum absolute atomic E-state index is 10.4. The van der Waals surface area contributed by atoms with Crippen LogP contribution in [-0.2, 0) is 13.0 Å². The van der Waals surface area contributed by atoms with E-state index >= 15 is 0 Å². The third kappa shape index (κ3) is 1.76. The Morgan fingerprint density at radius 3 is 3.00 bits per heavy atom. The standard InChI is InChI=1S/C2H8O3PSi2/c1-8-2-7-4-6(3)5-8/h8H,2,7H2,1H3/q+1. The highest BCUT2D eigenvalue weighted by molar-refractivity contribution is 7.37. The highest BCUT2D eigenvalue weighted by atomic mass is 31.1. The van der Waals surface area contributed by atoms with Gasteiger partial charge in [-0.15, -0.1) is 0 Å². The summed E-state index contributed by atoms with van der Waals surface area (Å²) in [4.78, 5) is 0. The maximum atomic E-state index is 10.4. The molecule has 0 amide bonds. The van der Waals surface area contributed by atoms with Gasteiger partial charge in [-0.25, -0.2) is 0 Å². The van der Waals surface area contributed by atoms with Gasteiger partial charge in [-0.3, -0.25) is 0 Å². The zero-order valence-corrected chi connectivity index (χ0v) is 8.13. The first kappa shape index (κ1) is 6.57. The first-order chi connectivity index (χ1) is 3.79. The van der Waals surface area contributed by atoms with E-state index in [-0.39, 0.29) is 0 Å². The first-order valence-corrected chi connectivity index (χ1v) is 7.67. The van der Waals surface area contributed by atoms with E-state index in [0.717, 1.165) is 5.67 Å². The van der Waals surface area contributed by atoms with Crippen LogP contribution in [0, 0.1) is 0 Å². The molecule has 0 aromatic heterocycles. The topological polar surface area (TPSA) is 35.5 Å². The summed E-state index contributed by atoms with van der Waals surface area (Å²) in [7, 11) is -3.09. The molecule has 3 nitrogen and oxygen atoms in total. The predicted octanol–water partition coefficient (Wildman–Crippen LogP) is 0.0855. The van der Waals surface area contributed by atoms with Crippen molar-refractivity contribution in [2.24, 2.45) is 0 Å². The molecule has 0 N–H and O–H groups in total. The van der Waals surface area contributed by atoms with E-state index in [0.29, 0.717) is 0 Å². The summed E-state index contributed by atoms with van der Waals surface area (Å²) < 4.78 is 20.2. The second-order valence-corrected chi connectivity index (χ2v) is 8.42. The highest BCUT2D eigenvalue weighted by Crippen LogP contribution is 2.29. The average Bonchev–Trinajstić information content (AvgIpc) is 1.64. The normalized spacial score (nSPS) is 38.1. The largest absolute Gasteiger partial charge is 0.672 e. The van der Waals surface area contributed by atoms with Gasteiger partial charge < -0.3 is 0 Å². The first-order valence-electron chi connectivity index (χ1n) is 2.56. The lowest BCUT2D eigenvalue weighted by Gasteiger charge is -2.02. The lowest BCUT2D eigenvalue weighted by Crippen LogP contribution is -2.18. The van der Waals surface area contributed by atoms with Gasteiger partial charge in [-0.1, -0.05) is 0 Å². The van der Waals surface area contributed by atoms with E-state index in [2.05, 4.69) is 6.55 Å². The molecular formula is C2H8O3PSi2+. The summed E-state index contributed by atoms with van der Waals surface area (Å²) in [5.74, 6) is 0. The molecule has 46 valence electrons. The van der Waals surface area contributed by atoms with Crippen LogP contribution < -0.4 is 0 Å². The van der Waals surface area contributed by atoms with Gasteiger partial charge in [0.15, 0.2) is 0 Å². The van der Waals surface area contributed by atoms with Gasteiger partial charge in [0, 0.05) is 4.57 Å². The zero-order valence-electron chi connectivity index (χ0n) is 4.66. The second kappa shape index (κ2) is 2.84. The molecule has 2 unspecified atom stereocenters. The molecule has 1 aliphatic heterocycles. The van der Waals surface area contributed by atoms with Crippen molar-refractivity contribution in [3.05, 3.63) is 0 Å². The van der Waals surface area contributed by atoms with Gasteiger partial charge in [0.2, 0.25) is 9.76 Å². The third-order valence-corrected chi connectivity index (χ3v) is 8.88. The molecule has 0 spiro atoms. The molecule has 8 heavy (non-hydrogen) atoms. The molecule has 1 saturated heterocycles. The van der Waals surface area contributed by atoms with Crippen molar-refractivity contribution in [3.63, 3.8) is 0 Å². The fraction of sp³-hybridized carbons (Fsp3) is 1.00. The monoisotopic (exact) mass is 167 g/mol. The van der Waals surface area contributed by atoms with Crippen molar-refractivity contribution in [1.82, 2.24) is 0 Å². The Labute approximate surface area is 53.0 Å². The fourth-order valence-corrected chi connectivity index (χ4v) is 7.15. The number of hydrogen-bond acceptors (Lipinski definition) is 3. The molecule has 0 bridgehead atoms. The minimum Gasteiger partial charge on any atom is -0.184 e. The van der Waals surface area contributed by atoms with Gasteiger partial charge in [0.1, 0.15) is 0 Å². The second-order valence-electron chi connectivity index (χ2n) is 1.76. The maximum Gasteiger partial charge on any atom is 0.672 e. The van der Waals surface area contributed by atoms with Gasteiger partial charge in [0.05, 0.1) is 0 Å². The zero-order chi connectivity index (χ0) is 5.98. The Bertz CT molecular complexity index is 107. The lowest BCUT2D eigenvalue weighted by molar-refractivity contribution is 0.419. The smallest absolute Gasteiger partial charge is 0.184 e. The summed E-state index contributed by atoms with van der Waals surface area (Å²) in [5, 5.41) is 0. The SMILES string of the molecule is C[SiH]1C[SiH2]O[P+](=O)O1. The molecule has 6 heteroatoms. The van der Waals surface area contributed by atoms with E-state index in [1.807, 2.05) is 0 Å². The summed E-state index contributed by atoms with van der Waals surface area (Å²) in [6, 6.07) is 0. The number of rotatable bonds is 0. The quantitative estimate of drug-likeness (QED) is 0.379. The minimum atomic E-state index is -1.66. The Hall–Kier alpha value is 0.454. The van der Waals surface area contributed by atoms with Gasteiger partial charge in [-0.2, -0.15) is 8.43 Å². The van der Waals surface area contributed by atoms with E-state index in [9.17, 15) is 4.57 Å². The van der Waals surface area contributed by atoms with Crippen LogP contribution >= 0.6 is 8.25 Å². The average molecular weight is 167 g/mol. The van der Waals surface area contributed by atoms with Crippen LogP contribution in [0.5, 0.6) is 0 Å². The van der Waals surface area contributed by atoms with Gasteiger partial charge in [-0.05, 0) is 12.2 Å². The van der Waals surface area contributed by atoms with Crippen molar-refractivity contribution in [2.75, 3.05) is 0 Å². The Morgan fingerprint density at radius 2 is 2.62 bits per heavy atom. The summed E-state index contributed by atoms with van der Waals surface area (Å²) in [6.45, 7) is 2.06. The van der Waals surface area contributed by atoms with Crippen LogP contribution in [0.2, 0.25) is 12.2 Å². The predicted molar refractivity (Wildman–Crippen MR) is 36.1 cm³/mol. The molecular weight excluding hydrogens is 159 g/mol. The van der Waals surface area contributed by atoms with Gasteiger partial charge in [0.25, 0.3) is 9.04 Å². The molecule has 1 heterocycles. The summed E-state index contributed by atoms with van der Waals surface area (Å²) in [6.07, 6.45) is 0. The lowest BCUT2D eigenvalue weighted by atomic mass is 11.8. The van der Waals surface area contributed by atoms with Crippen LogP contribution in [-0.4, -0.2) is 18.8 Å². The molecule has 0 radical (unpaired) electrons. The minimum absolute atomic E-state index is 0.433. The van der Waals surface area contributed by atoms with Crippen molar-refractivity contribution >= 4 is 27.1 Å². The molecule has 1 aliphatic rings. The summed E-state index contributed by atoms with van der Waals surface area (Å²) >= 11 is 0. The molecule has 0 aromatic rings. The van der Waals surface area contributed by atoms with Crippen LogP contribution in [0.25, 0.3) is 0 Å². The Balaban J connectivity index is 2.34.